The number of fused-ring (bicyclic) bond motifs is 1. The van der Waals surface area contributed by atoms with Crippen LogP contribution in [0.4, 0.5) is 5.69 Å². The Hall–Kier alpha value is -1.72. The van der Waals surface area contributed by atoms with E-state index in [4.69, 9.17) is 9.39 Å². The molecule has 0 fully saturated rings. The molecule has 0 aromatic heterocycles. The highest BCUT2D eigenvalue weighted by molar-refractivity contribution is 7.91. The summed E-state index contributed by atoms with van der Waals surface area (Å²) in [6, 6.07) is 9.81. The summed E-state index contributed by atoms with van der Waals surface area (Å²) in [6.45, 7) is -0.673. The van der Waals surface area contributed by atoms with Crippen LogP contribution in [0.1, 0.15) is 0 Å². The van der Waals surface area contributed by atoms with Crippen molar-refractivity contribution in [1.82, 2.24) is 0 Å². The summed E-state index contributed by atoms with van der Waals surface area (Å²) in [6.07, 6.45) is 0. The topological polar surface area (TPSA) is 119 Å². The summed E-state index contributed by atoms with van der Waals surface area (Å²) in [7, 11) is -7.06. The van der Waals surface area contributed by atoms with E-state index in [0.29, 0.717) is 16.5 Å². The fraction of sp³-hybridized carbons (Fsp3) is 0.231. The zero-order valence-corrected chi connectivity index (χ0v) is 13.7. The summed E-state index contributed by atoms with van der Waals surface area (Å²) in [4.78, 5) is 4.83. The first-order chi connectivity index (χ1) is 10.7. The van der Waals surface area contributed by atoms with Crippen molar-refractivity contribution in [1.29, 1.82) is 0 Å². The highest BCUT2D eigenvalue weighted by Crippen LogP contribution is 2.27. The highest BCUT2D eigenvalue weighted by Gasteiger charge is 2.19. The standard InChI is InChI=1S/C13H15NO7S2/c1-20-14-11-6-5-10-3-2-4-13(12(10)9-11)22(15,16)8-7-21-23(17,18)19/h2-6,9,14H,7-8H2,1H3,(H,17,18,19). The molecule has 0 spiro atoms. The van der Waals surface area contributed by atoms with Crippen LogP contribution in [0.5, 0.6) is 0 Å². The summed E-state index contributed by atoms with van der Waals surface area (Å²) >= 11 is 0. The maximum absolute atomic E-state index is 12.4. The summed E-state index contributed by atoms with van der Waals surface area (Å²) < 4.78 is 58.3. The van der Waals surface area contributed by atoms with Crippen molar-refractivity contribution in [2.75, 3.05) is 24.9 Å². The third-order valence-corrected chi connectivity index (χ3v) is 5.18. The van der Waals surface area contributed by atoms with E-state index in [1.54, 1.807) is 30.3 Å². The Morgan fingerprint density at radius 3 is 2.52 bits per heavy atom. The van der Waals surface area contributed by atoms with Crippen LogP contribution < -0.4 is 5.48 Å². The highest BCUT2D eigenvalue weighted by atomic mass is 32.3. The van der Waals surface area contributed by atoms with Crippen molar-refractivity contribution < 1.29 is 30.4 Å². The van der Waals surface area contributed by atoms with Crippen LogP contribution >= 0.6 is 0 Å². The van der Waals surface area contributed by atoms with Crippen molar-refractivity contribution in [3.05, 3.63) is 36.4 Å². The minimum atomic E-state index is -4.68. The van der Waals surface area contributed by atoms with Gasteiger partial charge in [0.2, 0.25) is 0 Å². The zero-order valence-electron chi connectivity index (χ0n) is 12.1. The largest absolute Gasteiger partial charge is 0.397 e. The number of hydrogen-bond acceptors (Lipinski definition) is 7. The first kappa shape index (κ1) is 17.6. The van der Waals surface area contributed by atoms with Gasteiger partial charge >= 0.3 is 10.4 Å². The van der Waals surface area contributed by atoms with Crippen molar-refractivity contribution in [2.45, 2.75) is 4.90 Å². The predicted molar refractivity (Wildman–Crippen MR) is 84.1 cm³/mol. The predicted octanol–water partition coefficient (Wildman–Crippen LogP) is 1.41. The van der Waals surface area contributed by atoms with Crippen molar-refractivity contribution >= 4 is 36.7 Å². The van der Waals surface area contributed by atoms with Crippen LogP contribution in [0.2, 0.25) is 0 Å². The first-order valence-corrected chi connectivity index (χ1v) is 9.41. The molecule has 0 radical (unpaired) electrons. The average molecular weight is 361 g/mol. The Morgan fingerprint density at radius 2 is 1.87 bits per heavy atom. The smallest absolute Gasteiger partial charge is 0.279 e. The maximum Gasteiger partial charge on any atom is 0.397 e. The molecular weight excluding hydrogens is 346 g/mol. The molecular formula is C13H15NO7S2. The molecule has 126 valence electrons. The first-order valence-electron chi connectivity index (χ1n) is 6.39. The summed E-state index contributed by atoms with van der Waals surface area (Å²) in [5, 5.41) is 1.16. The van der Waals surface area contributed by atoms with Gasteiger partial charge in [0.1, 0.15) is 0 Å². The van der Waals surface area contributed by atoms with Gasteiger partial charge in [0, 0.05) is 5.39 Å². The molecule has 8 nitrogen and oxygen atoms in total. The van der Waals surface area contributed by atoms with Gasteiger partial charge in [-0.1, -0.05) is 18.2 Å². The molecule has 0 amide bonds. The second kappa shape index (κ2) is 6.81. The van der Waals surface area contributed by atoms with Gasteiger partial charge in [-0.25, -0.2) is 12.6 Å². The molecule has 10 heteroatoms. The molecule has 0 aliphatic carbocycles. The Morgan fingerprint density at radius 1 is 1.13 bits per heavy atom. The SMILES string of the molecule is CONc1ccc2cccc(S(=O)(=O)CCOS(=O)(=O)O)c2c1. The van der Waals surface area contributed by atoms with E-state index in [2.05, 4.69) is 9.66 Å². The van der Waals surface area contributed by atoms with E-state index in [-0.39, 0.29) is 4.90 Å². The molecule has 0 saturated carbocycles. The van der Waals surface area contributed by atoms with Gasteiger partial charge in [0.15, 0.2) is 9.84 Å². The van der Waals surface area contributed by atoms with Crippen LogP contribution in [0, 0.1) is 0 Å². The van der Waals surface area contributed by atoms with Crippen LogP contribution in [0.15, 0.2) is 41.3 Å². The van der Waals surface area contributed by atoms with E-state index < -0.39 is 32.6 Å². The van der Waals surface area contributed by atoms with Gasteiger partial charge in [0.25, 0.3) is 0 Å². The zero-order chi connectivity index (χ0) is 17.1. The van der Waals surface area contributed by atoms with Gasteiger partial charge in [-0.2, -0.15) is 8.42 Å². The lowest BCUT2D eigenvalue weighted by Gasteiger charge is -2.10. The minimum Gasteiger partial charge on any atom is -0.279 e. The molecule has 23 heavy (non-hydrogen) atoms. The molecule has 2 aromatic rings. The number of nitrogens with one attached hydrogen (secondary N) is 1. The molecule has 0 atom stereocenters. The molecule has 0 unspecified atom stereocenters. The van der Waals surface area contributed by atoms with Crippen LogP contribution in [0.3, 0.4) is 0 Å². The second-order valence-corrected chi connectivity index (χ2v) is 7.74. The molecule has 2 N–H and O–H groups in total. The van der Waals surface area contributed by atoms with Crippen LogP contribution in [-0.4, -0.2) is 40.9 Å². The Balaban J connectivity index is 2.39. The van der Waals surface area contributed by atoms with Crippen molar-refractivity contribution in [3.8, 4) is 0 Å². The van der Waals surface area contributed by atoms with Gasteiger partial charge in [-0.15, -0.1) is 0 Å². The number of rotatable bonds is 7. The van der Waals surface area contributed by atoms with E-state index in [1.165, 1.54) is 13.2 Å². The monoisotopic (exact) mass is 361 g/mol. The lowest BCUT2D eigenvalue weighted by molar-refractivity contribution is 0.271. The molecule has 0 heterocycles. The second-order valence-electron chi connectivity index (χ2n) is 4.57. The molecule has 0 aliphatic rings. The third kappa shape index (κ3) is 4.62. The van der Waals surface area contributed by atoms with E-state index in [1.807, 2.05) is 0 Å². The van der Waals surface area contributed by atoms with Crippen molar-refractivity contribution in [3.63, 3.8) is 0 Å². The summed E-state index contributed by atoms with van der Waals surface area (Å²) in [5.41, 5.74) is 3.18. The van der Waals surface area contributed by atoms with Crippen LogP contribution in [-0.2, 0) is 29.3 Å². The third-order valence-electron chi connectivity index (χ3n) is 2.98. The number of benzene rings is 2. The van der Waals surface area contributed by atoms with Gasteiger partial charge in [-0.05, 0) is 23.6 Å². The number of hydrogen-bond donors (Lipinski definition) is 2. The van der Waals surface area contributed by atoms with Gasteiger partial charge in [0.05, 0.1) is 30.1 Å². The molecule has 0 bridgehead atoms. The lowest BCUT2D eigenvalue weighted by atomic mass is 10.1. The normalized spacial score (nSPS) is 12.4. The molecule has 0 saturated heterocycles. The average Bonchev–Trinajstić information content (AvgIpc) is 2.45. The molecule has 0 aliphatic heterocycles. The van der Waals surface area contributed by atoms with E-state index >= 15 is 0 Å². The van der Waals surface area contributed by atoms with Gasteiger partial charge < -0.3 is 0 Å². The Kier molecular flexibility index (Phi) is 5.22. The quantitative estimate of drug-likeness (QED) is 0.561. The van der Waals surface area contributed by atoms with E-state index in [9.17, 15) is 16.8 Å². The Labute approximate surface area is 133 Å². The fourth-order valence-electron chi connectivity index (χ4n) is 2.06. The maximum atomic E-state index is 12.4. The molecule has 2 rings (SSSR count). The minimum absolute atomic E-state index is 0.0358. The van der Waals surface area contributed by atoms with Crippen LogP contribution in [0.25, 0.3) is 10.8 Å². The number of anilines is 1. The van der Waals surface area contributed by atoms with Crippen molar-refractivity contribution in [2.24, 2.45) is 0 Å². The summed E-state index contributed by atoms with van der Waals surface area (Å²) in [5.74, 6) is -0.589. The van der Waals surface area contributed by atoms with E-state index in [0.717, 1.165) is 0 Å². The molecule has 2 aromatic carbocycles. The Bertz CT molecular complexity index is 907. The van der Waals surface area contributed by atoms with Gasteiger partial charge in [-0.3, -0.25) is 14.9 Å². The number of sulfone groups is 1. The lowest BCUT2D eigenvalue weighted by Crippen LogP contribution is -2.15. The fourth-order valence-corrected chi connectivity index (χ4v) is 3.78.